The first kappa shape index (κ1) is 14.4. The molecule has 1 atom stereocenters. The van der Waals surface area contributed by atoms with Crippen LogP contribution in [0.4, 0.5) is 5.69 Å². The van der Waals surface area contributed by atoms with Crippen molar-refractivity contribution in [2.75, 3.05) is 24.5 Å². The molecule has 1 aromatic carbocycles. The van der Waals surface area contributed by atoms with Gasteiger partial charge in [0.1, 0.15) is 0 Å². The van der Waals surface area contributed by atoms with E-state index >= 15 is 0 Å². The lowest BCUT2D eigenvalue weighted by Gasteiger charge is -2.31. The number of carbonyl (C=O) groups excluding carboxylic acids is 1. The minimum Gasteiger partial charge on any atom is -0.316 e. The van der Waals surface area contributed by atoms with Crippen LogP contribution in [-0.4, -0.2) is 25.5 Å². The van der Waals surface area contributed by atoms with E-state index in [4.69, 9.17) is 0 Å². The van der Waals surface area contributed by atoms with E-state index in [1.165, 1.54) is 11.1 Å². The molecule has 1 aromatic rings. The molecule has 2 heterocycles. The number of hydrogen-bond donors (Lipinski definition) is 1. The summed E-state index contributed by atoms with van der Waals surface area (Å²) in [5.41, 5.74) is 3.76. The highest BCUT2D eigenvalue weighted by Crippen LogP contribution is 2.29. The van der Waals surface area contributed by atoms with Crippen molar-refractivity contribution in [1.82, 2.24) is 5.32 Å². The molecule has 2 aliphatic heterocycles. The number of rotatable bonds is 1. The number of amides is 1. The predicted octanol–water partition coefficient (Wildman–Crippen LogP) is 2.31. The van der Waals surface area contributed by atoms with Crippen molar-refractivity contribution in [2.45, 2.75) is 26.2 Å². The second kappa shape index (κ2) is 5.93. The molecule has 1 fully saturated rings. The SMILES string of the molecule is Cc1ccc2c(c1)CCCN2C(=O)C1CCNC1.Cl. The molecule has 2 aliphatic rings. The molecule has 0 bridgehead atoms. The van der Waals surface area contributed by atoms with Gasteiger partial charge in [0, 0.05) is 18.8 Å². The Kier molecular flexibility index (Phi) is 4.48. The molecule has 0 saturated carbocycles. The largest absolute Gasteiger partial charge is 0.316 e. The predicted molar refractivity (Wildman–Crippen MR) is 80.1 cm³/mol. The number of carbonyl (C=O) groups is 1. The van der Waals surface area contributed by atoms with Crippen LogP contribution in [0, 0.1) is 12.8 Å². The number of halogens is 1. The summed E-state index contributed by atoms with van der Waals surface area (Å²) in [6.07, 6.45) is 3.17. The second-order valence-corrected chi connectivity index (χ2v) is 5.42. The van der Waals surface area contributed by atoms with Crippen LogP contribution in [0.3, 0.4) is 0 Å². The van der Waals surface area contributed by atoms with Crippen molar-refractivity contribution in [2.24, 2.45) is 5.92 Å². The van der Waals surface area contributed by atoms with E-state index in [1.54, 1.807) is 0 Å². The standard InChI is InChI=1S/C15H20N2O.ClH/c1-11-4-5-14-12(9-11)3-2-8-17(14)15(18)13-6-7-16-10-13;/h4-5,9,13,16H,2-3,6-8,10H2,1H3;1H. The monoisotopic (exact) mass is 280 g/mol. The number of hydrogen-bond acceptors (Lipinski definition) is 2. The minimum absolute atomic E-state index is 0. The van der Waals surface area contributed by atoms with Crippen LogP contribution < -0.4 is 10.2 Å². The lowest BCUT2D eigenvalue weighted by Crippen LogP contribution is -2.40. The molecule has 19 heavy (non-hydrogen) atoms. The fourth-order valence-corrected chi connectivity index (χ4v) is 3.04. The number of aryl methyl sites for hydroxylation is 2. The summed E-state index contributed by atoms with van der Waals surface area (Å²) < 4.78 is 0. The quantitative estimate of drug-likeness (QED) is 0.856. The van der Waals surface area contributed by atoms with Gasteiger partial charge in [-0.3, -0.25) is 4.79 Å². The van der Waals surface area contributed by atoms with E-state index in [2.05, 4.69) is 30.4 Å². The summed E-state index contributed by atoms with van der Waals surface area (Å²) in [6.45, 7) is 4.81. The third kappa shape index (κ3) is 2.77. The van der Waals surface area contributed by atoms with E-state index in [-0.39, 0.29) is 18.3 Å². The summed E-state index contributed by atoms with van der Waals surface area (Å²) in [5, 5.41) is 3.28. The zero-order valence-corrected chi connectivity index (χ0v) is 12.1. The zero-order chi connectivity index (χ0) is 12.5. The van der Waals surface area contributed by atoms with Gasteiger partial charge in [-0.25, -0.2) is 0 Å². The molecule has 0 radical (unpaired) electrons. The molecule has 0 aliphatic carbocycles. The van der Waals surface area contributed by atoms with Crippen LogP contribution in [0.15, 0.2) is 18.2 Å². The average Bonchev–Trinajstić information content (AvgIpc) is 2.90. The molecule has 0 spiro atoms. The van der Waals surface area contributed by atoms with Crippen LogP contribution in [0.2, 0.25) is 0 Å². The zero-order valence-electron chi connectivity index (χ0n) is 11.3. The van der Waals surface area contributed by atoms with Crippen molar-refractivity contribution >= 4 is 24.0 Å². The third-order valence-electron chi connectivity index (χ3n) is 4.03. The lowest BCUT2D eigenvalue weighted by molar-refractivity contribution is -0.121. The minimum atomic E-state index is 0. The van der Waals surface area contributed by atoms with Gasteiger partial charge in [-0.15, -0.1) is 12.4 Å². The Morgan fingerprint density at radius 3 is 3.00 bits per heavy atom. The number of anilines is 1. The van der Waals surface area contributed by atoms with Crippen molar-refractivity contribution in [3.8, 4) is 0 Å². The summed E-state index contributed by atoms with van der Waals surface area (Å²) in [7, 11) is 0. The molecule has 1 saturated heterocycles. The Hall–Kier alpha value is -1.06. The van der Waals surface area contributed by atoms with Crippen LogP contribution in [0.25, 0.3) is 0 Å². The Balaban J connectivity index is 0.00000133. The molecule has 0 aromatic heterocycles. The van der Waals surface area contributed by atoms with Crippen molar-refractivity contribution in [3.63, 3.8) is 0 Å². The number of nitrogens with zero attached hydrogens (tertiary/aromatic N) is 1. The van der Waals surface area contributed by atoms with Crippen molar-refractivity contribution in [3.05, 3.63) is 29.3 Å². The number of benzene rings is 1. The van der Waals surface area contributed by atoms with E-state index in [0.29, 0.717) is 5.91 Å². The van der Waals surface area contributed by atoms with Gasteiger partial charge in [0.05, 0.1) is 5.92 Å². The summed E-state index contributed by atoms with van der Waals surface area (Å²) in [5.74, 6) is 0.488. The van der Waals surface area contributed by atoms with Crippen LogP contribution in [0.1, 0.15) is 24.0 Å². The summed E-state index contributed by atoms with van der Waals surface area (Å²) in [4.78, 5) is 14.5. The van der Waals surface area contributed by atoms with Crippen LogP contribution in [-0.2, 0) is 11.2 Å². The van der Waals surface area contributed by atoms with Crippen molar-refractivity contribution < 1.29 is 4.79 Å². The van der Waals surface area contributed by atoms with Gasteiger partial charge in [0.2, 0.25) is 5.91 Å². The number of fused-ring (bicyclic) bond motifs is 1. The molecular formula is C15H21ClN2O. The molecule has 3 rings (SSSR count). The number of nitrogens with one attached hydrogen (secondary N) is 1. The Morgan fingerprint density at radius 2 is 2.26 bits per heavy atom. The first-order valence-corrected chi connectivity index (χ1v) is 6.87. The maximum atomic E-state index is 12.5. The summed E-state index contributed by atoms with van der Waals surface area (Å²) >= 11 is 0. The van der Waals surface area contributed by atoms with E-state index in [9.17, 15) is 4.79 Å². The second-order valence-electron chi connectivity index (χ2n) is 5.42. The Morgan fingerprint density at radius 1 is 1.42 bits per heavy atom. The van der Waals surface area contributed by atoms with Gasteiger partial charge in [-0.05, 0) is 44.4 Å². The first-order valence-electron chi connectivity index (χ1n) is 6.87. The summed E-state index contributed by atoms with van der Waals surface area (Å²) in [6, 6.07) is 6.45. The van der Waals surface area contributed by atoms with Gasteiger partial charge in [0.15, 0.2) is 0 Å². The van der Waals surface area contributed by atoms with Gasteiger partial charge in [-0.1, -0.05) is 17.7 Å². The molecule has 1 unspecified atom stereocenters. The first-order chi connectivity index (χ1) is 8.75. The fraction of sp³-hybridized carbons (Fsp3) is 0.533. The molecule has 3 nitrogen and oxygen atoms in total. The Labute approximate surface area is 120 Å². The molecule has 1 N–H and O–H groups in total. The third-order valence-corrected chi connectivity index (χ3v) is 4.03. The maximum absolute atomic E-state index is 12.5. The normalized spacial score (nSPS) is 21.7. The molecule has 4 heteroatoms. The topological polar surface area (TPSA) is 32.3 Å². The highest BCUT2D eigenvalue weighted by atomic mass is 35.5. The van der Waals surface area contributed by atoms with Crippen LogP contribution >= 0.6 is 12.4 Å². The average molecular weight is 281 g/mol. The molecule has 104 valence electrons. The van der Waals surface area contributed by atoms with Crippen molar-refractivity contribution in [1.29, 1.82) is 0 Å². The van der Waals surface area contributed by atoms with E-state index in [0.717, 1.165) is 44.6 Å². The van der Waals surface area contributed by atoms with E-state index < -0.39 is 0 Å². The molecular weight excluding hydrogens is 260 g/mol. The van der Waals surface area contributed by atoms with Gasteiger partial charge >= 0.3 is 0 Å². The Bertz CT molecular complexity index is 469. The smallest absolute Gasteiger partial charge is 0.231 e. The van der Waals surface area contributed by atoms with E-state index in [1.807, 2.05) is 4.90 Å². The van der Waals surface area contributed by atoms with Crippen LogP contribution in [0.5, 0.6) is 0 Å². The highest BCUT2D eigenvalue weighted by molar-refractivity contribution is 5.96. The van der Waals surface area contributed by atoms with Gasteiger partial charge in [0.25, 0.3) is 0 Å². The lowest BCUT2D eigenvalue weighted by atomic mass is 9.97. The molecule has 1 amide bonds. The van der Waals surface area contributed by atoms with Gasteiger partial charge in [-0.2, -0.15) is 0 Å². The van der Waals surface area contributed by atoms with Gasteiger partial charge < -0.3 is 10.2 Å². The highest BCUT2D eigenvalue weighted by Gasteiger charge is 2.30. The maximum Gasteiger partial charge on any atom is 0.231 e. The fourth-order valence-electron chi connectivity index (χ4n) is 3.04.